The van der Waals surface area contributed by atoms with Crippen LogP contribution in [-0.2, 0) is 4.74 Å². The van der Waals surface area contributed by atoms with Gasteiger partial charge in [-0.1, -0.05) is 12.1 Å². The third-order valence-corrected chi connectivity index (χ3v) is 5.35. The van der Waals surface area contributed by atoms with Crippen LogP contribution >= 0.6 is 0 Å². The number of nitrogens with one attached hydrogen (secondary N) is 2. The Morgan fingerprint density at radius 1 is 1.06 bits per heavy atom. The Morgan fingerprint density at radius 3 is 2.23 bits per heavy atom. The van der Waals surface area contributed by atoms with Crippen LogP contribution in [0.3, 0.4) is 0 Å². The predicted molar refractivity (Wildman–Crippen MR) is 122 cm³/mol. The van der Waals surface area contributed by atoms with Gasteiger partial charge in [0.2, 0.25) is 0 Å². The first-order chi connectivity index (χ1) is 15.0. The monoisotopic (exact) mass is 428 g/mol. The molecule has 2 amide bonds. The molecule has 1 aliphatic rings. The maximum absolute atomic E-state index is 12.6. The van der Waals surface area contributed by atoms with Gasteiger partial charge in [-0.2, -0.15) is 0 Å². The van der Waals surface area contributed by atoms with Crippen molar-refractivity contribution in [3.63, 3.8) is 0 Å². The lowest BCUT2D eigenvalue weighted by atomic mass is 10.0. The van der Waals surface area contributed by atoms with E-state index in [1.807, 2.05) is 14.1 Å². The van der Waals surface area contributed by atoms with E-state index < -0.39 is 0 Å². The predicted octanol–water partition coefficient (Wildman–Crippen LogP) is 2.96. The van der Waals surface area contributed by atoms with Crippen LogP contribution in [0.15, 0.2) is 42.5 Å². The summed E-state index contributed by atoms with van der Waals surface area (Å²) in [6.07, 6.45) is 0. The van der Waals surface area contributed by atoms with Gasteiger partial charge in [0.05, 0.1) is 33.5 Å². The Morgan fingerprint density at radius 2 is 1.68 bits per heavy atom. The van der Waals surface area contributed by atoms with Crippen molar-refractivity contribution in [2.45, 2.75) is 6.04 Å². The second kappa shape index (κ2) is 10.9. The Balaban J connectivity index is 1.69. The van der Waals surface area contributed by atoms with Gasteiger partial charge in [-0.15, -0.1) is 0 Å². The number of nitrogens with zero attached hydrogens (tertiary/aromatic N) is 2. The van der Waals surface area contributed by atoms with Crippen LogP contribution in [0.5, 0.6) is 11.5 Å². The number of ether oxygens (including phenoxy) is 3. The van der Waals surface area contributed by atoms with E-state index in [4.69, 9.17) is 14.2 Å². The molecule has 0 spiro atoms. The fourth-order valence-electron chi connectivity index (χ4n) is 3.59. The van der Waals surface area contributed by atoms with Crippen LogP contribution in [0.25, 0.3) is 0 Å². The fourth-order valence-corrected chi connectivity index (χ4v) is 3.59. The van der Waals surface area contributed by atoms with Crippen molar-refractivity contribution < 1.29 is 19.0 Å². The molecule has 1 aliphatic heterocycles. The number of hydrogen-bond donors (Lipinski definition) is 2. The molecule has 0 bridgehead atoms. The highest BCUT2D eigenvalue weighted by Crippen LogP contribution is 2.26. The minimum absolute atomic E-state index is 0.0608. The number of morpholine rings is 1. The molecule has 1 saturated heterocycles. The average Bonchev–Trinajstić information content (AvgIpc) is 2.80. The molecule has 2 aromatic carbocycles. The van der Waals surface area contributed by atoms with Gasteiger partial charge in [0.1, 0.15) is 11.5 Å². The zero-order chi connectivity index (χ0) is 22.2. The fraction of sp³-hybridized carbons (Fsp3) is 0.435. The number of urea groups is 1. The molecule has 168 valence electrons. The van der Waals surface area contributed by atoms with Gasteiger partial charge in [-0.3, -0.25) is 4.90 Å². The van der Waals surface area contributed by atoms with Gasteiger partial charge in [0, 0.05) is 63.3 Å². The minimum atomic E-state index is -0.279. The van der Waals surface area contributed by atoms with Gasteiger partial charge in [0.25, 0.3) is 0 Å². The zero-order valence-corrected chi connectivity index (χ0v) is 18.7. The van der Waals surface area contributed by atoms with Crippen LogP contribution < -0.4 is 25.0 Å². The lowest BCUT2D eigenvalue weighted by Crippen LogP contribution is -2.44. The highest BCUT2D eigenvalue weighted by atomic mass is 16.5. The number of rotatable bonds is 8. The van der Waals surface area contributed by atoms with E-state index in [-0.39, 0.29) is 12.1 Å². The van der Waals surface area contributed by atoms with Crippen molar-refractivity contribution in [1.82, 2.24) is 10.2 Å². The van der Waals surface area contributed by atoms with Crippen LogP contribution in [0.1, 0.15) is 11.6 Å². The van der Waals surface area contributed by atoms with Crippen LogP contribution in [0.2, 0.25) is 0 Å². The molecule has 3 rings (SSSR count). The number of carbonyl (C=O) groups is 1. The van der Waals surface area contributed by atoms with Crippen LogP contribution in [-0.4, -0.2) is 72.1 Å². The van der Waals surface area contributed by atoms with Crippen LogP contribution in [0.4, 0.5) is 16.2 Å². The first-order valence-electron chi connectivity index (χ1n) is 10.4. The Labute approximate surface area is 184 Å². The van der Waals surface area contributed by atoms with Crippen molar-refractivity contribution in [3.05, 3.63) is 48.0 Å². The largest absolute Gasteiger partial charge is 0.497 e. The molecule has 0 radical (unpaired) electrons. The Kier molecular flexibility index (Phi) is 7.97. The molecule has 1 heterocycles. The summed E-state index contributed by atoms with van der Waals surface area (Å²) in [6.45, 7) is 3.53. The number of benzene rings is 2. The summed E-state index contributed by atoms with van der Waals surface area (Å²) in [7, 11) is 7.20. The van der Waals surface area contributed by atoms with Gasteiger partial charge >= 0.3 is 6.03 Å². The Hall–Kier alpha value is -2.97. The van der Waals surface area contributed by atoms with E-state index in [0.29, 0.717) is 36.9 Å². The second-order valence-corrected chi connectivity index (χ2v) is 7.59. The quantitative estimate of drug-likeness (QED) is 0.673. The first-order valence-corrected chi connectivity index (χ1v) is 10.4. The van der Waals surface area contributed by atoms with E-state index >= 15 is 0 Å². The third-order valence-electron chi connectivity index (χ3n) is 5.35. The summed E-state index contributed by atoms with van der Waals surface area (Å²) in [6, 6.07) is 13.5. The van der Waals surface area contributed by atoms with E-state index in [0.717, 1.165) is 24.3 Å². The van der Waals surface area contributed by atoms with Gasteiger partial charge in [-0.05, 0) is 17.7 Å². The topological polar surface area (TPSA) is 75.3 Å². The number of methoxy groups -OCH3 is 2. The number of carbonyl (C=O) groups excluding carboxylic acids is 1. The highest BCUT2D eigenvalue weighted by molar-refractivity contribution is 5.89. The van der Waals surface area contributed by atoms with Crippen molar-refractivity contribution in [2.75, 3.05) is 71.4 Å². The van der Waals surface area contributed by atoms with Crippen molar-refractivity contribution in [1.29, 1.82) is 0 Å². The maximum Gasteiger partial charge on any atom is 0.319 e. The summed E-state index contributed by atoms with van der Waals surface area (Å²) in [4.78, 5) is 17.0. The molecular formula is C23H32N4O4. The second-order valence-electron chi connectivity index (χ2n) is 7.59. The normalized spacial score (nSPS) is 15.1. The van der Waals surface area contributed by atoms with E-state index in [1.54, 1.807) is 32.4 Å². The molecule has 2 N–H and O–H groups in total. The Bertz CT molecular complexity index is 829. The molecule has 2 aromatic rings. The molecule has 0 aliphatic carbocycles. The molecule has 1 unspecified atom stereocenters. The van der Waals surface area contributed by atoms with Crippen LogP contribution in [0, 0.1) is 0 Å². The number of hydrogen-bond acceptors (Lipinski definition) is 6. The summed E-state index contributed by atoms with van der Waals surface area (Å²) >= 11 is 0. The standard InChI is InChI=1S/C23H32N4O4/c1-26(2)19-7-5-17(6-8-19)22(27-9-11-31-12-10-27)16-24-23(28)25-18-13-20(29-3)15-21(14-18)30-4/h5-8,13-15,22H,9-12,16H2,1-4H3,(H2,24,25,28). The molecule has 0 saturated carbocycles. The maximum atomic E-state index is 12.6. The van der Waals surface area contributed by atoms with Crippen molar-refractivity contribution >= 4 is 17.4 Å². The van der Waals surface area contributed by atoms with Gasteiger partial charge in [0.15, 0.2) is 0 Å². The summed E-state index contributed by atoms with van der Waals surface area (Å²) in [5, 5.41) is 5.88. The first kappa shape index (κ1) is 22.7. The minimum Gasteiger partial charge on any atom is -0.497 e. The summed E-state index contributed by atoms with van der Waals surface area (Å²) < 4.78 is 16.0. The van der Waals surface area contributed by atoms with Crippen molar-refractivity contribution in [2.24, 2.45) is 0 Å². The number of amides is 2. The summed E-state index contributed by atoms with van der Waals surface area (Å²) in [5.41, 5.74) is 2.91. The SMILES string of the molecule is COc1cc(NC(=O)NCC(c2ccc(N(C)C)cc2)N2CCOCC2)cc(OC)c1. The molecule has 1 fully saturated rings. The van der Waals surface area contributed by atoms with Crippen molar-refractivity contribution in [3.8, 4) is 11.5 Å². The molecule has 8 heteroatoms. The highest BCUT2D eigenvalue weighted by Gasteiger charge is 2.23. The lowest BCUT2D eigenvalue weighted by molar-refractivity contribution is 0.0168. The molecule has 0 aromatic heterocycles. The van der Waals surface area contributed by atoms with Gasteiger partial charge in [-0.25, -0.2) is 4.79 Å². The lowest BCUT2D eigenvalue weighted by Gasteiger charge is -2.35. The third kappa shape index (κ3) is 6.26. The summed E-state index contributed by atoms with van der Waals surface area (Å²) in [5.74, 6) is 1.23. The molecular weight excluding hydrogens is 396 g/mol. The zero-order valence-electron chi connectivity index (χ0n) is 18.7. The molecule has 1 atom stereocenters. The molecule has 31 heavy (non-hydrogen) atoms. The van der Waals surface area contributed by atoms with Gasteiger partial charge < -0.3 is 29.7 Å². The number of anilines is 2. The smallest absolute Gasteiger partial charge is 0.319 e. The average molecular weight is 429 g/mol. The molecule has 8 nitrogen and oxygen atoms in total. The van der Waals surface area contributed by atoms with E-state index in [9.17, 15) is 4.79 Å². The van der Waals surface area contributed by atoms with E-state index in [2.05, 4.69) is 44.7 Å². The van der Waals surface area contributed by atoms with E-state index in [1.165, 1.54) is 0 Å².